The number of aryl methyl sites for hydroxylation is 2. The molecule has 5 heteroatoms. The summed E-state index contributed by atoms with van der Waals surface area (Å²) in [4.78, 5) is 14.4. The predicted octanol–water partition coefficient (Wildman–Crippen LogP) is 2.90. The molecule has 0 spiro atoms. The minimum atomic E-state index is -0.0381. The molecule has 2 heterocycles. The van der Waals surface area contributed by atoms with Crippen LogP contribution in [0.2, 0.25) is 0 Å². The van der Waals surface area contributed by atoms with Gasteiger partial charge >= 0.3 is 0 Å². The van der Waals surface area contributed by atoms with Gasteiger partial charge in [0.2, 0.25) is 0 Å². The van der Waals surface area contributed by atoms with Crippen LogP contribution in [0.5, 0.6) is 5.75 Å². The van der Waals surface area contributed by atoms with Gasteiger partial charge in [-0.15, -0.1) is 0 Å². The van der Waals surface area contributed by atoms with Crippen LogP contribution in [-0.4, -0.2) is 43.6 Å². The number of amides is 1. The Balaban J connectivity index is 1.37. The standard InChI is InChI=1S/C20H26N2O3/c1-22-10-8-14(9-11-22)21-20(23)13-24-15-6-7-19-17(12-15)16-4-2-3-5-18(16)25-19/h6-7,12,14H,2-5,8-11,13H2,1H3,(H,21,23). The SMILES string of the molecule is CN1CCC(NC(=O)COc2ccc3oc4c(c3c2)CCCC4)CC1. The van der Waals surface area contributed by atoms with Gasteiger partial charge in [0, 0.05) is 23.4 Å². The maximum absolute atomic E-state index is 12.1. The van der Waals surface area contributed by atoms with Crippen molar-refractivity contribution in [3.63, 3.8) is 0 Å². The predicted molar refractivity (Wildman–Crippen MR) is 97.0 cm³/mol. The molecule has 0 radical (unpaired) electrons. The highest BCUT2D eigenvalue weighted by atomic mass is 16.5. The van der Waals surface area contributed by atoms with Crippen LogP contribution < -0.4 is 10.1 Å². The second-order valence-corrected chi connectivity index (χ2v) is 7.30. The van der Waals surface area contributed by atoms with Crippen LogP contribution in [0.25, 0.3) is 11.0 Å². The van der Waals surface area contributed by atoms with E-state index in [1.165, 1.54) is 18.4 Å². The monoisotopic (exact) mass is 342 g/mol. The fraction of sp³-hybridized carbons (Fsp3) is 0.550. The van der Waals surface area contributed by atoms with Crippen molar-refractivity contribution in [2.24, 2.45) is 0 Å². The largest absolute Gasteiger partial charge is 0.484 e. The molecule has 134 valence electrons. The van der Waals surface area contributed by atoms with Crippen molar-refractivity contribution in [1.82, 2.24) is 10.2 Å². The van der Waals surface area contributed by atoms with Crippen molar-refractivity contribution in [2.45, 2.75) is 44.6 Å². The minimum Gasteiger partial charge on any atom is -0.484 e. The zero-order valence-corrected chi connectivity index (χ0v) is 14.8. The quantitative estimate of drug-likeness (QED) is 0.928. The van der Waals surface area contributed by atoms with Crippen LogP contribution in [0, 0.1) is 0 Å². The fourth-order valence-electron chi connectivity index (χ4n) is 3.90. The fourth-order valence-corrected chi connectivity index (χ4v) is 3.90. The maximum atomic E-state index is 12.1. The molecule has 1 aliphatic carbocycles. The summed E-state index contributed by atoms with van der Waals surface area (Å²) in [6.45, 7) is 2.14. The number of carbonyl (C=O) groups excluding carboxylic acids is 1. The third-order valence-electron chi connectivity index (χ3n) is 5.38. The first kappa shape index (κ1) is 16.5. The van der Waals surface area contributed by atoms with Gasteiger partial charge in [-0.3, -0.25) is 4.79 Å². The first-order valence-corrected chi connectivity index (χ1v) is 9.34. The summed E-state index contributed by atoms with van der Waals surface area (Å²) in [6, 6.07) is 6.14. The number of carbonyl (C=O) groups is 1. The number of hydrogen-bond acceptors (Lipinski definition) is 4. The van der Waals surface area contributed by atoms with E-state index in [9.17, 15) is 4.79 Å². The number of furan rings is 1. The van der Waals surface area contributed by atoms with E-state index in [2.05, 4.69) is 17.3 Å². The van der Waals surface area contributed by atoms with Crippen LogP contribution in [0.4, 0.5) is 0 Å². The lowest BCUT2D eigenvalue weighted by Gasteiger charge is -2.29. The highest BCUT2D eigenvalue weighted by Crippen LogP contribution is 2.33. The second kappa shape index (κ2) is 7.08. The zero-order valence-electron chi connectivity index (χ0n) is 14.8. The maximum Gasteiger partial charge on any atom is 0.258 e. The van der Waals surface area contributed by atoms with Gasteiger partial charge in [-0.25, -0.2) is 0 Å². The molecule has 1 saturated heterocycles. The highest BCUT2D eigenvalue weighted by molar-refractivity contribution is 5.84. The second-order valence-electron chi connectivity index (χ2n) is 7.30. The Morgan fingerprint density at radius 2 is 2.08 bits per heavy atom. The Labute approximate surface area is 148 Å². The van der Waals surface area contributed by atoms with Gasteiger partial charge in [0.05, 0.1) is 0 Å². The van der Waals surface area contributed by atoms with E-state index >= 15 is 0 Å². The van der Waals surface area contributed by atoms with Crippen LogP contribution in [0.1, 0.15) is 37.0 Å². The van der Waals surface area contributed by atoms with Crippen LogP contribution in [0.15, 0.2) is 22.6 Å². The molecular formula is C20H26N2O3. The van der Waals surface area contributed by atoms with E-state index in [0.29, 0.717) is 0 Å². The Kier molecular flexibility index (Phi) is 4.66. The third-order valence-corrected chi connectivity index (χ3v) is 5.38. The lowest BCUT2D eigenvalue weighted by atomic mass is 9.96. The molecule has 1 N–H and O–H groups in total. The van der Waals surface area contributed by atoms with E-state index in [1.807, 2.05) is 18.2 Å². The van der Waals surface area contributed by atoms with Gasteiger partial charge in [0.1, 0.15) is 17.1 Å². The van der Waals surface area contributed by atoms with Crippen molar-refractivity contribution < 1.29 is 13.9 Å². The molecule has 5 nitrogen and oxygen atoms in total. The first-order chi connectivity index (χ1) is 12.2. The number of hydrogen-bond donors (Lipinski definition) is 1. The van der Waals surface area contributed by atoms with E-state index in [4.69, 9.17) is 9.15 Å². The van der Waals surface area contributed by atoms with Gasteiger partial charge in [0.25, 0.3) is 5.91 Å². The molecule has 1 aromatic heterocycles. The molecule has 2 aromatic rings. The Morgan fingerprint density at radius 3 is 2.92 bits per heavy atom. The van der Waals surface area contributed by atoms with E-state index < -0.39 is 0 Å². The molecular weight excluding hydrogens is 316 g/mol. The summed E-state index contributed by atoms with van der Waals surface area (Å²) in [5, 5.41) is 4.22. The van der Waals surface area contributed by atoms with Crippen molar-refractivity contribution >= 4 is 16.9 Å². The van der Waals surface area contributed by atoms with E-state index in [0.717, 1.165) is 61.3 Å². The van der Waals surface area contributed by atoms with Gasteiger partial charge < -0.3 is 19.4 Å². The van der Waals surface area contributed by atoms with Crippen molar-refractivity contribution in [3.05, 3.63) is 29.5 Å². The van der Waals surface area contributed by atoms with E-state index in [1.54, 1.807) is 0 Å². The number of ether oxygens (including phenoxy) is 1. The molecule has 2 aliphatic rings. The summed E-state index contributed by atoms with van der Waals surface area (Å²) in [6.07, 6.45) is 6.53. The normalized spacial score (nSPS) is 18.9. The third kappa shape index (κ3) is 3.66. The number of rotatable bonds is 4. The van der Waals surface area contributed by atoms with E-state index in [-0.39, 0.29) is 18.6 Å². The molecule has 1 fully saturated rings. The summed E-state index contributed by atoms with van der Waals surface area (Å²) < 4.78 is 11.7. The van der Waals surface area contributed by atoms with Crippen LogP contribution in [0.3, 0.4) is 0 Å². The number of nitrogens with zero attached hydrogens (tertiary/aromatic N) is 1. The average molecular weight is 342 g/mol. The van der Waals surface area contributed by atoms with Gasteiger partial charge in [-0.05, 0) is 70.4 Å². The topological polar surface area (TPSA) is 54.7 Å². The van der Waals surface area contributed by atoms with Crippen LogP contribution >= 0.6 is 0 Å². The summed E-state index contributed by atoms with van der Waals surface area (Å²) in [5.41, 5.74) is 2.25. The first-order valence-electron chi connectivity index (χ1n) is 9.34. The van der Waals surface area contributed by atoms with Gasteiger partial charge in [-0.2, -0.15) is 0 Å². The number of nitrogens with one attached hydrogen (secondary N) is 1. The number of piperidine rings is 1. The van der Waals surface area contributed by atoms with Gasteiger partial charge in [0.15, 0.2) is 6.61 Å². The molecule has 0 unspecified atom stereocenters. The van der Waals surface area contributed by atoms with Crippen molar-refractivity contribution in [3.8, 4) is 5.75 Å². The molecule has 1 aromatic carbocycles. The zero-order chi connectivity index (χ0) is 17.2. The van der Waals surface area contributed by atoms with Crippen LogP contribution in [-0.2, 0) is 17.6 Å². The van der Waals surface area contributed by atoms with Crippen molar-refractivity contribution in [2.75, 3.05) is 26.7 Å². The number of likely N-dealkylation sites (tertiary alicyclic amines) is 1. The lowest BCUT2D eigenvalue weighted by molar-refractivity contribution is -0.124. The molecule has 0 saturated carbocycles. The van der Waals surface area contributed by atoms with Crippen molar-refractivity contribution in [1.29, 1.82) is 0 Å². The average Bonchev–Trinajstić information content (AvgIpc) is 3.00. The highest BCUT2D eigenvalue weighted by Gasteiger charge is 2.20. The van der Waals surface area contributed by atoms with Gasteiger partial charge in [-0.1, -0.05) is 0 Å². The summed E-state index contributed by atoms with van der Waals surface area (Å²) >= 11 is 0. The molecule has 4 rings (SSSR count). The smallest absolute Gasteiger partial charge is 0.258 e. The lowest BCUT2D eigenvalue weighted by Crippen LogP contribution is -2.44. The summed E-state index contributed by atoms with van der Waals surface area (Å²) in [5.74, 6) is 1.82. The minimum absolute atomic E-state index is 0.0381. The molecule has 1 amide bonds. The Hall–Kier alpha value is -2.01. The number of benzene rings is 1. The Morgan fingerprint density at radius 1 is 1.28 bits per heavy atom. The Bertz CT molecular complexity index is 760. The summed E-state index contributed by atoms with van der Waals surface area (Å²) in [7, 11) is 2.12. The molecule has 25 heavy (non-hydrogen) atoms. The number of fused-ring (bicyclic) bond motifs is 3. The molecule has 0 atom stereocenters. The molecule has 0 bridgehead atoms. The molecule has 1 aliphatic heterocycles.